The predicted molar refractivity (Wildman–Crippen MR) is 148 cm³/mol. The number of nitrogens with two attached hydrogens (primary N) is 3. The molecule has 42 heavy (non-hydrogen) atoms. The van der Waals surface area contributed by atoms with Gasteiger partial charge in [0.1, 0.15) is 36.1 Å². The zero-order chi connectivity index (χ0) is 31.4. The summed E-state index contributed by atoms with van der Waals surface area (Å²) >= 11 is 0. The number of aliphatic hydroxyl groups excluding tert-OH is 7. The second-order valence-electron chi connectivity index (χ2n) is 12.0. The molecule has 0 aromatic carbocycles. The van der Waals surface area contributed by atoms with Crippen LogP contribution in [0.3, 0.4) is 0 Å². The van der Waals surface area contributed by atoms with Crippen molar-refractivity contribution in [1.29, 1.82) is 0 Å². The zero-order valence-corrected chi connectivity index (χ0v) is 24.1. The van der Waals surface area contributed by atoms with Gasteiger partial charge < -0.3 is 88.2 Å². The summed E-state index contributed by atoms with van der Waals surface area (Å²) in [6.45, 7) is 1.29. The molecule has 17 heteroatoms. The lowest BCUT2D eigenvalue weighted by molar-refractivity contribution is -0.303. The molecule has 0 spiro atoms. The first-order chi connectivity index (χ1) is 19.8. The Hall–Kier alpha value is -0.680. The number of aliphatic hydroxyl groups is 8. The summed E-state index contributed by atoms with van der Waals surface area (Å²) in [5.41, 5.74) is 16.4. The average Bonchev–Trinajstić information content (AvgIpc) is 2.95. The molecule has 0 aromatic rings. The van der Waals surface area contributed by atoms with Crippen LogP contribution in [0.1, 0.15) is 13.3 Å². The third-order valence-corrected chi connectivity index (χ3v) is 8.58. The van der Waals surface area contributed by atoms with Crippen molar-refractivity contribution >= 4 is 0 Å². The molecule has 3 fully saturated rings. The predicted octanol–water partition coefficient (Wildman–Crippen LogP) is -7.83. The Morgan fingerprint density at radius 3 is 2.36 bits per heavy atom. The van der Waals surface area contributed by atoms with E-state index < -0.39 is 96.9 Å². The third kappa shape index (κ3) is 8.12. The Bertz CT molecular complexity index is 821. The molecule has 1 aliphatic carbocycles. The first kappa shape index (κ1) is 35.8. The van der Waals surface area contributed by atoms with E-state index in [0.29, 0.717) is 0 Å². The van der Waals surface area contributed by atoms with Crippen LogP contribution in [0.5, 0.6) is 0 Å². The number of hydrogen-bond acceptors (Lipinski definition) is 17. The van der Waals surface area contributed by atoms with Gasteiger partial charge in [-0.1, -0.05) is 0 Å². The van der Waals surface area contributed by atoms with Gasteiger partial charge in [0.2, 0.25) is 0 Å². The zero-order valence-electron chi connectivity index (χ0n) is 24.1. The molecular weight excluding hydrogens is 560 g/mol. The maximum absolute atomic E-state index is 11.7. The van der Waals surface area contributed by atoms with Gasteiger partial charge in [0, 0.05) is 50.2 Å². The van der Waals surface area contributed by atoms with Gasteiger partial charge in [-0.15, -0.1) is 0 Å². The summed E-state index contributed by atoms with van der Waals surface area (Å²) in [6, 6.07) is -2.87. The summed E-state index contributed by atoms with van der Waals surface area (Å²) in [5.74, 6) is -1.02. The largest absolute Gasteiger partial charge is 0.395 e. The second-order valence-corrected chi connectivity index (χ2v) is 12.0. The van der Waals surface area contributed by atoms with Crippen LogP contribution in [0.25, 0.3) is 0 Å². The Balaban J connectivity index is 1.84. The molecule has 17 N–H and O–H groups in total. The molecule has 248 valence electrons. The summed E-state index contributed by atoms with van der Waals surface area (Å²) < 4.78 is 17.8. The third-order valence-electron chi connectivity index (χ3n) is 8.58. The Morgan fingerprint density at radius 1 is 1.05 bits per heavy atom. The molecule has 16 unspecified atom stereocenters. The lowest BCUT2D eigenvalue weighted by atomic mass is 9.72. The molecular formula is C25H52N6O11. The van der Waals surface area contributed by atoms with Crippen molar-refractivity contribution in [3.63, 3.8) is 0 Å². The van der Waals surface area contributed by atoms with Crippen molar-refractivity contribution < 1.29 is 55.1 Å². The molecule has 0 bridgehead atoms. The number of hydrogen-bond donors (Lipinski definition) is 14. The Morgan fingerprint density at radius 2 is 1.74 bits per heavy atom. The summed E-state index contributed by atoms with van der Waals surface area (Å²) in [4.78, 5) is 0. The first-order valence-electron chi connectivity index (χ1n) is 14.4. The van der Waals surface area contributed by atoms with Crippen LogP contribution in [-0.2, 0) is 14.2 Å². The van der Waals surface area contributed by atoms with Crippen LogP contribution in [0.4, 0.5) is 0 Å². The highest BCUT2D eigenvalue weighted by atomic mass is 16.7. The van der Waals surface area contributed by atoms with Crippen molar-refractivity contribution in [2.75, 3.05) is 46.4 Å². The van der Waals surface area contributed by atoms with Crippen molar-refractivity contribution in [3.05, 3.63) is 0 Å². The van der Waals surface area contributed by atoms with Crippen molar-refractivity contribution in [1.82, 2.24) is 16.0 Å². The maximum Gasteiger partial charge on any atom is 0.185 e. The molecule has 2 heterocycles. The van der Waals surface area contributed by atoms with E-state index in [2.05, 4.69) is 16.0 Å². The fourth-order valence-electron chi connectivity index (χ4n) is 6.14. The van der Waals surface area contributed by atoms with Gasteiger partial charge >= 0.3 is 0 Å². The van der Waals surface area contributed by atoms with Crippen LogP contribution >= 0.6 is 0 Å². The van der Waals surface area contributed by atoms with E-state index in [0.717, 1.165) is 0 Å². The fourth-order valence-corrected chi connectivity index (χ4v) is 6.14. The summed E-state index contributed by atoms with van der Waals surface area (Å²) in [6.07, 6.45) is -12.9. The van der Waals surface area contributed by atoms with E-state index in [1.807, 2.05) is 0 Å². The van der Waals surface area contributed by atoms with Crippen LogP contribution < -0.4 is 33.2 Å². The van der Waals surface area contributed by atoms with Crippen LogP contribution in [0, 0.1) is 5.92 Å². The highest BCUT2D eigenvalue weighted by Gasteiger charge is 2.55. The molecule has 3 aliphatic rings. The number of rotatable bonds is 13. The maximum atomic E-state index is 11.7. The molecule has 0 radical (unpaired) electrons. The fraction of sp³-hybridized carbons (Fsp3) is 1.00. The number of ether oxygens (including phenoxy) is 3. The minimum atomic E-state index is -1.63. The number of likely N-dealkylation sites (N-methyl/N-ethyl adjacent to an activating group) is 1. The second kappa shape index (κ2) is 15.5. The Labute approximate surface area is 245 Å². The highest BCUT2D eigenvalue weighted by molar-refractivity contribution is 5.07. The molecule has 2 saturated heterocycles. The monoisotopic (exact) mass is 612 g/mol. The highest BCUT2D eigenvalue weighted by Crippen LogP contribution is 2.37. The Kier molecular flexibility index (Phi) is 13.3. The van der Waals surface area contributed by atoms with Crippen LogP contribution in [-0.4, -0.2) is 178 Å². The van der Waals surface area contributed by atoms with Crippen molar-refractivity contribution in [2.45, 2.75) is 104 Å². The molecule has 0 amide bonds. The standard InChI is InChI=1S/C25H52N6O11/c1-25(39)9-40-24(20(38)23(25)29-2)42-21-13(31-6-11(33)4-26)3-12(28)15(17(21)35)22-19(37)18(36)16(34)14(41-22)7-30-5-10(27)8-32/h10-24,29-39H,3-9,26-28H2,1-2H3. The molecule has 2 aliphatic heterocycles. The number of nitrogens with one attached hydrogen (secondary N) is 3. The van der Waals surface area contributed by atoms with Gasteiger partial charge in [0.15, 0.2) is 6.29 Å². The van der Waals surface area contributed by atoms with Gasteiger partial charge in [0.05, 0.1) is 43.7 Å². The lowest BCUT2D eigenvalue weighted by Crippen LogP contribution is -2.71. The normalized spacial score (nSPS) is 46.4. The lowest BCUT2D eigenvalue weighted by Gasteiger charge is -2.52. The van der Waals surface area contributed by atoms with Crippen LogP contribution in [0.2, 0.25) is 0 Å². The smallest absolute Gasteiger partial charge is 0.185 e. The van der Waals surface area contributed by atoms with Crippen molar-refractivity contribution in [3.8, 4) is 0 Å². The SMILES string of the molecule is CNC1C(O)C(OC2C(NCC(O)CN)CC(N)C(C3OC(CNCC(N)CO)C(O)C(O)C3O)C2O)OCC1(C)O. The van der Waals surface area contributed by atoms with E-state index in [9.17, 15) is 35.7 Å². The van der Waals surface area contributed by atoms with Gasteiger partial charge in [-0.25, -0.2) is 0 Å². The minimum absolute atomic E-state index is 0.0156. The molecule has 16 atom stereocenters. The van der Waals surface area contributed by atoms with Gasteiger partial charge in [-0.2, -0.15) is 0 Å². The van der Waals surface area contributed by atoms with Gasteiger partial charge in [0.25, 0.3) is 0 Å². The molecule has 0 aromatic heterocycles. The van der Waals surface area contributed by atoms with Crippen molar-refractivity contribution in [2.24, 2.45) is 23.1 Å². The average molecular weight is 613 g/mol. The van der Waals surface area contributed by atoms with E-state index in [4.69, 9.17) is 36.5 Å². The minimum Gasteiger partial charge on any atom is -0.395 e. The van der Waals surface area contributed by atoms with Crippen LogP contribution in [0.15, 0.2) is 0 Å². The molecule has 17 nitrogen and oxygen atoms in total. The van der Waals surface area contributed by atoms with Gasteiger partial charge in [-0.05, 0) is 20.4 Å². The summed E-state index contributed by atoms with van der Waals surface area (Å²) in [7, 11) is 1.57. The van der Waals surface area contributed by atoms with Gasteiger partial charge in [-0.3, -0.25) is 0 Å². The summed E-state index contributed by atoms with van der Waals surface area (Å²) in [5, 5.41) is 93.5. The topological polar surface area (TPSA) is 304 Å². The van der Waals surface area contributed by atoms with E-state index >= 15 is 0 Å². The van der Waals surface area contributed by atoms with E-state index in [-0.39, 0.29) is 45.8 Å². The van der Waals surface area contributed by atoms with E-state index in [1.54, 1.807) is 7.05 Å². The van der Waals surface area contributed by atoms with E-state index in [1.165, 1.54) is 6.92 Å². The molecule has 3 rings (SSSR count). The molecule has 1 saturated carbocycles. The first-order valence-corrected chi connectivity index (χ1v) is 14.4. The quantitative estimate of drug-likeness (QED) is 0.0918.